The lowest BCUT2D eigenvalue weighted by atomic mass is 10.1. The molecular formula is C14H20F3N3O. The van der Waals surface area contributed by atoms with Crippen LogP contribution < -0.4 is 5.73 Å². The summed E-state index contributed by atoms with van der Waals surface area (Å²) in [5.74, 6) is -1.83. The third kappa shape index (κ3) is 5.63. The average molecular weight is 303 g/mol. The molecule has 0 bridgehead atoms. The Kier molecular flexibility index (Phi) is 5.60. The van der Waals surface area contributed by atoms with Gasteiger partial charge in [-0.1, -0.05) is 6.07 Å². The highest BCUT2D eigenvalue weighted by atomic mass is 19.4. The maximum absolute atomic E-state index is 12.7. The van der Waals surface area contributed by atoms with Crippen molar-refractivity contribution in [3.63, 3.8) is 0 Å². The Labute approximate surface area is 122 Å². The number of nitrogens with zero attached hydrogens (tertiary/aromatic N) is 2. The number of benzene rings is 1. The number of alkyl halides is 3. The van der Waals surface area contributed by atoms with Gasteiger partial charge >= 0.3 is 12.1 Å². The Bertz CT molecular complexity index is 480. The van der Waals surface area contributed by atoms with Crippen LogP contribution >= 0.6 is 0 Å². The van der Waals surface area contributed by atoms with E-state index in [2.05, 4.69) is 0 Å². The van der Waals surface area contributed by atoms with Crippen LogP contribution in [0.2, 0.25) is 0 Å². The highest BCUT2D eigenvalue weighted by Crippen LogP contribution is 2.21. The number of carbonyl (C=O) groups is 1. The molecule has 0 atom stereocenters. The minimum Gasteiger partial charge on any atom is -0.399 e. The van der Waals surface area contributed by atoms with Crippen LogP contribution in [0, 0.1) is 6.92 Å². The largest absolute Gasteiger partial charge is 0.471 e. The highest BCUT2D eigenvalue weighted by molar-refractivity contribution is 5.81. The van der Waals surface area contributed by atoms with Gasteiger partial charge < -0.3 is 15.5 Å². The molecule has 1 aromatic carbocycles. The molecule has 0 aromatic heterocycles. The molecule has 21 heavy (non-hydrogen) atoms. The van der Waals surface area contributed by atoms with Crippen molar-refractivity contribution in [3.05, 3.63) is 29.3 Å². The van der Waals surface area contributed by atoms with Gasteiger partial charge in [0, 0.05) is 25.3 Å². The van der Waals surface area contributed by atoms with E-state index in [1.54, 1.807) is 44.1 Å². The van der Waals surface area contributed by atoms with Gasteiger partial charge in [0.1, 0.15) is 0 Å². The molecule has 1 aromatic rings. The monoisotopic (exact) mass is 303 g/mol. The number of nitrogen functional groups attached to an aromatic ring is 1. The molecule has 4 nitrogen and oxygen atoms in total. The zero-order valence-corrected chi connectivity index (χ0v) is 12.4. The quantitative estimate of drug-likeness (QED) is 0.847. The number of likely N-dealkylation sites (N-methyl/N-ethyl adjacent to an activating group) is 1. The molecule has 2 N–H and O–H groups in total. The van der Waals surface area contributed by atoms with E-state index in [0.29, 0.717) is 17.8 Å². The fourth-order valence-electron chi connectivity index (χ4n) is 1.96. The Balaban J connectivity index is 2.93. The summed E-state index contributed by atoms with van der Waals surface area (Å²) < 4.78 is 38.0. The molecule has 0 aliphatic heterocycles. The zero-order chi connectivity index (χ0) is 16.2. The van der Waals surface area contributed by atoms with E-state index in [0.717, 1.165) is 10.5 Å². The molecule has 0 heterocycles. The SMILES string of the molecule is Cc1cc(N)cc(CN(CCN(C)C)C(=O)C(F)(F)F)c1. The first kappa shape index (κ1) is 17.3. The lowest BCUT2D eigenvalue weighted by Crippen LogP contribution is -2.43. The fraction of sp³-hybridized carbons (Fsp3) is 0.500. The summed E-state index contributed by atoms with van der Waals surface area (Å²) >= 11 is 0. The van der Waals surface area contributed by atoms with Gasteiger partial charge in [-0.2, -0.15) is 13.2 Å². The molecule has 0 radical (unpaired) electrons. The van der Waals surface area contributed by atoms with Gasteiger partial charge in [-0.15, -0.1) is 0 Å². The Morgan fingerprint density at radius 2 is 1.81 bits per heavy atom. The van der Waals surface area contributed by atoms with E-state index in [1.807, 2.05) is 0 Å². The molecule has 0 saturated heterocycles. The predicted molar refractivity (Wildman–Crippen MR) is 75.6 cm³/mol. The number of hydrogen-bond acceptors (Lipinski definition) is 3. The number of amides is 1. The van der Waals surface area contributed by atoms with Crippen LogP contribution in [0.3, 0.4) is 0 Å². The maximum Gasteiger partial charge on any atom is 0.471 e. The van der Waals surface area contributed by atoms with Gasteiger partial charge in [0.05, 0.1) is 0 Å². The lowest BCUT2D eigenvalue weighted by Gasteiger charge is -2.25. The molecule has 0 unspecified atom stereocenters. The number of anilines is 1. The molecule has 0 spiro atoms. The standard InChI is InChI=1S/C14H20F3N3O/c1-10-6-11(8-12(18)7-10)9-20(5-4-19(2)3)13(21)14(15,16)17/h6-8H,4-5,9,18H2,1-3H3. The van der Waals surface area contributed by atoms with Crippen molar-refractivity contribution < 1.29 is 18.0 Å². The predicted octanol–water partition coefficient (Wildman–Crippen LogP) is 2.03. The summed E-state index contributed by atoms with van der Waals surface area (Å²) in [5.41, 5.74) is 7.59. The van der Waals surface area contributed by atoms with Gasteiger partial charge in [-0.05, 0) is 44.3 Å². The summed E-state index contributed by atoms with van der Waals surface area (Å²) in [6, 6.07) is 5.03. The van der Waals surface area contributed by atoms with E-state index in [1.165, 1.54) is 0 Å². The van der Waals surface area contributed by atoms with Crippen molar-refractivity contribution >= 4 is 11.6 Å². The number of nitrogens with two attached hydrogens (primary N) is 1. The molecule has 7 heteroatoms. The van der Waals surface area contributed by atoms with Crippen molar-refractivity contribution in [2.45, 2.75) is 19.6 Å². The van der Waals surface area contributed by atoms with E-state index < -0.39 is 12.1 Å². The van der Waals surface area contributed by atoms with Crippen LogP contribution in [0.25, 0.3) is 0 Å². The molecule has 1 amide bonds. The van der Waals surface area contributed by atoms with Crippen LogP contribution in [0.15, 0.2) is 18.2 Å². The maximum atomic E-state index is 12.7. The van der Waals surface area contributed by atoms with Crippen molar-refractivity contribution in [3.8, 4) is 0 Å². The number of halogens is 3. The van der Waals surface area contributed by atoms with Gasteiger partial charge in [0.15, 0.2) is 0 Å². The molecule has 1 rings (SSSR count). The van der Waals surface area contributed by atoms with Crippen molar-refractivity contribution in [1.29, 1.82) is 0 Å². The number of rotatable bonds is 5. The third-order valence-corrected chi connectivity index (χ3v) is 2.88. The summed E-state index contributed by atoms with van der Waals surface area (Å²) in [6.07, 6.45) is -4.87. The average Bonchev–Trinajstić information content (AvgIpc) is 2.31. The Morgan fingerprint density at radius 3 is 2.29 bits per heavy atom. The second-order valence-electron chi connectivity index (χ2n) is 5.28. The second-order valence-corrected chi connectivity index (χ2v) is 5.28. The third-order valence-electron chi connectivity index (χ3n) is 2.88. The van der Waals surface area contributed by atoms with E-state index >= 15 is 0 Å². The second kappa shape index (κ2) is 6.80. The van der Waals surface area contributed by atoms with E-state index in [4.69, 9.17) is 5.73 Å². The van der Waals surface area contributed by atoms with Gasteiger partial charge in [-0.3, -0.25) is 4.79 Å². The van der Waals surface area contributed by atoms with E-state index in [9.17, 15) is 18.0 Å². The van der Waals surface area contributed by atoms with Gasteiger partial charge in [0.2, 0.25) is 0 Å². The van der Waals surface area contributed by atoms with Gasteiger partial charge in [-0.25, -0.2) is 0 Å². The summed E-state index contributed by atoms with van der Waals surface area (Å²) in [4.78, 5) is 14.0. The summed E-state index contributed by atoms with van der Waals surface area (Å²) in [6.45, 7) is 2.04. The summed E-state index contributed by atoms with van der Waals surface area (Å²) in [7, 11) is 3.47. The molecule has 0 saturated carbocycles. The topological polar surface area (TPSA) is 49.6 Å². The lowest BCUT2D eigenvalue weighted by molar-refractivity contribution is -0.186. The Hall–Kier alpha value is -1.76. The first-order chi connectivity index (χ1) is 9.59. The molecule has 0 aliphatic carbocycles. The number of hydrogen-bond donors (Lipinski definition) is 1. The first-order valence-corrected chi connectivity index (χ1v) is 6.46. The minimum absolute atomic E-state index is 0.000804. The molecule has 118 valence electrons. The van der Waals surface area contributed by atoms with Crippen LogP contribution in [0.4, 0.5) is 18.9 Å². The number of aryl methyl sites for hydroxylation is 1. The van der Waals surface area contributed by atoms with E-state index in [-0.39, 0.29) is 13.1 Å². The normalized spacial score (nSPS) is 11.8. The van der Waals surface area contributed by atoms with Crippen LogP contribution in [-0.2, 0) is 11.3 Å². The van der Waals surface area contributed by atoms with Crippen LogP contribution in [0.5, 0.6) is 0 Å². The highest BCUT2D eigenvalue weighted by Gasteiger charge is 2.42. The van der Waals surface area contributed by atoms with Crippen molar-refractivity contribution in [2.75, 3.05) is 32.9 Å². The van der Waals surface area contributed by atoms with Crippen LogP contribution in [-0.4, -0.2) is 49.1 Å². The van der Waals surface area contributed by atoms with Crippen LogP contribution in [0.1, 0.15) is 11.1 Å². The number of carbonyl (C=O) groups excluding carboxylic acids is 1. The Morgan fingerprint density at radius 1 is 1.19 bits per heavy atom. The van der Waals surface area contributed by atoms with Crippen molar-refractivity contribution in [2.24, 2.45) is 0 Å². The molecule has 0 fully saturated rings. The molecular weight excluding hydrogens is 283 g/mol. The smallest absolute Gasteiger partial charge is 0.399 e. The van der Waals surface area contributed by atoms with Crippen molar-refractivity contribution in [1.82, 2.24) is 9.80 Å². The summed E-state index contributed by atoms with van der Waals surface area (Å²) in [5, 5.41) is 0. The first-order valence-electron chi connectivity index (χ1n) is 6.46. The molecule has 0 aliphatic rings. The van der Waals surface area contributed by atoms with Gasteiger partial charge in [0.25, 0.3) is 0 Å². The fourth-order valence-corrected chi connectivity index (χ4v) is 1.96. The minimum atomic E-state index is -4.87. The zero-order valence-electron chi connectivity index (χ0n) is 12.4.